The number of piperazine rings is 1. The third-order valence-electron chi connectivity index (χ3n) is 3.29. The van der Waals surface area contributed by atoms with E-state index in [2.05, 4.69) is 45.2 Å². The van der Waals surface area contributed by atoms with Crippen molar-refractivity contribution >= 4 is 0 Å². The van der Waals surface area contributed by atoms with E-state index in [1.54, 1.807) is 0 Å². The number of β-amino-alcohol motifs (C(OH)–C–C–N with tert-alkyl or cyclic N) is 1. The molecule has 0 aliphatic carbocycles. The Morgan fingerprint density at radius 2 is 2.00 bits per heavy atom. The van der Waals surface area contributed by atoms with Gasteiger partial charge < -0.3 is 0 Å². The van der Waals surface area contributed by atoms with Crippen molar-refractivity contribution in [2.45, 2.75) is 19.8 Å². The van der Waals surface area contributed by atoms with Crippen molar-refractivity contribution in [3.05, 3.63) is 27.6 Å². The van der Waals surface area contributed by atoms with Crippen LogP contribution >= 0.6 is 0 Å². The molecule has 1 aromatic heterocycles. The van der Waals surface area contributed by atoms with Gasteiger partial charge in [0.25, 0.3) is 0 Å². The third kappa shape index (κ3) is 4.66. The molecule has 0 radical (unpaired) electrons. The molecule has 0 saturated carbocycles. The first-order valence-corrected chi connectivity index (χ1v) is 8.92. The Balaban J connectivity index is 1.82. The molecular weight excluding hydrogens is 353 g/mol. The summed E-state index contributed by atoms with van der Waals surface area (Å²) < 4.78 is 3.97. The maximum atomic E-state index is 8.93. The average molecular weight is 376 g/mol. The first-order valence-electron chi connectivity index (χ1n) is 6.88. The molecule has 1 N–H and O–H groups in total. The van der Waals surface area contributed by atoms with Crippen LogP contribution in [0.3, 0.4) is 0 Å². The van der Waals surface area contributed by atoms with E-state index in [1.807, 2.05) is 0 Å². The summed E-state index contributed by atoms with van der Waals surface area (Å²) in [4.78, 5) is 6.88. The second-order valence-corrected chi connectivity index (χ2v) is 8.21. The number of aliphatic hydroxyl groups is 1. The van der Waals surface area contributed by atoms with Crippen molar-refractivity contribution in [3.8, 4) is 0 Å². The Kier molecular flexibility index (Phi) is 6.00. The topological polar surface area (TPSA) is 39.6 Å². The second kappa shape index (κ2) is 7.52. The molecule has 5 heteroatoms. The van der Waals surface area contributed by atoms with Crippen LogP contribution in [0.2, 0.25) is 0 Å². The van der Waals surface area contributed by atoms with Crippen LogP contribution in [-0.2, 0) is 0 Å². The molecule has 1 aliphatic heterocycles. The van der Waals surface area contributed by atoms with Crippen LogP contribution in [-0.4, -0.2) is 57.4 Å². The zero-order valence-corrected chi connectivity index (χ0v) is 13.9. The first kappa shape index (κ1) is 15.2. The van der Waals surface area contributed by atoms with E-state index in [0.717, 1.165) is 32.7 Å². The van der Waals surface area contributed by atoms with Gasteiger partial charge in [0.05, 0.1) is 0 Å². The van der Waals surface area contributed by atoms with E-state index in [0.29, 0.717) is 5.92 Å². The Hall–Kier alpha value is -0.240. The second-order valence-electron chi connectivity index (χ2n) is 5.12. The zero-order chi connectivity index (χ0) is 13.7. The molecule has 4 nitrogen and oxygen atoms in total. The van der Waals surface area contributed by atoms with Gasteiger partial charge in [0, 0.05) is 0 Å². The molecule has 0 spiro atoms. The molecule has 0 bridgehead atoms. The van der Waals surface area contributed by atoms with Crippen LogP contribution in [0.4, 0.5) is 0 Å². The van der Waals surface area contributed by atoms with Gasteiger partial charge in [-0.3, -0.25) is 0 Å². The average Bonchev–Trinajstić information content (AvgIpc) is 2.42. The summed E-state index contributed by atoms with van der Waals surface area (Å²) in [6.07, 6.45) is 2.06. The van der Waals surface area contributed by atoms with Gasteiger partial charge in [-0.15, -0.1) is 0 Å². The fourth-order valence-corrected chi connectivity index (χ4v) is 4.40. The molecule has 1 aliphatic rings. The normalized spacial score (nSPS) is 18.3. The minimum absolute atomic E-state index is 0.0745. The van der Waals surface area contributed by atoms with Crippen LogP contribution in [0.15, 0.2) is 18.3 Å². The third-order valence-corrected chi connectivity index (χ3v) is 6.14. The van der Waals surface area contributed by atoms with E-state index in [9.17, 15) is 0 Å². The number of halogens is 1. The molecule has 108 valence electrons. The van der Waals surface area contributed by atoms with Crippen molar-refractivity contribution < 1.29 is 26.6 Å². The molecule has 0 amide bonds. The fraction of sp³-hybridized carbons (Fsp3) is 0.643. The van der Waals surface area contributed by atoms with Crippen LogP contribution in [0.1, 0.15) is 25.5 Å². The number of pyridine rings is 1. The molecule has 0 aromatic carbocycles. The summed E-state index contributed by atoms with van der Waals surface area (Å²) in [5, 5.41) is 8.93. The van der Waals surface area contributed by atoms with Crippen LogP contribution in [0.5, 0.6) is 0 Å². The Morgan fingerprint density at radius 3 is 2.53 bits per heavy atom. The number of hydrogen-bond donors (Lipinski definition) is 1. The first-order chi connectivity index (χ1) is 9.19. The van der Waals surface area contributed by atoms with Crippen molar-refractivity contribution in [1.82, 2.24) is 13.0 Å². The zero-order valence-electron chi connectivity index (χ0n) is 11.7. The van der Waals surface area contributed by atoms with Crippen molar-refractivity contribution in [2.24, 2.45) is 0 Å². The predicted octanol–water partition coefficient (Wildman–Crippen LogP) is -2.01. The summed E-state index contributed by atoms with van der Waals surface area (Å²) in [6.45, 7) is 9.86. The van der Waals surface area contributed by atoms with Gasteiger partial charge in [-0.25, -0.2) is 0 Å². The summed E-state index contributed by atoms with van der Waals surface area (Å²) >= 11 is -0.0745. The number of nitrogens with zero attached hydrogens (tertiary/aromatic N) is 3. The van der Waals surface area contributed by atoms with Gasteiger partial charge in [-0.1, -0.05) is 0 Å². The van der Waals surface area contributed by atoms with Gasteiger partial charge in [0.15, 0.2) is 0 Å². The summed E-state index contributed by atoms with van der Waals surface area (Å²) in [6, 6.07) is 4.41. The van der Waals surface area contributed by atoms with Gasteiger partial charge in [-0.2, -0.15) is 0 Å². The molecule has 1 fully saturated rings. The van der Waals surface area contributed by atoms with E-state index >= 15 is 0 Å². The molecular formula is C14H23IN3O-. The standard InChI is InChI=1S/C14H23IN3O/c1-12(2)14-4-3-13(11-16-14)15-18-7-5-17(6-8-18)9-10-19/h3-4,11-12,19H,5-10H2,1-2H3/q-1. The molecule has 19 heavy (non-hydrogen) atoms. The molecule has 2 heterocycles. The maximum absolute atomic E-state index is 8.93. The number of aliphatic hydroxyl groups excluding tert-OH is 1. The Morgan fingerprint density at radius 1 is 1.26 bits per heavy atom. The van der Waals surface area contributed by atoms with Crippen molar-refractivity contribution in [1.29, 1.82) is 0 Å². The molecule has 1 saturated heterocycles. The van der Waals surface area contributed by atoms with Crippen molar-refractivity contribution in [3.63, 3.8) is 0 Å². The van der Waals surface area contributed by atoms with Crippen LogP contribution < -0.4 is 21.5 Å². The van der Waals surface area contributed by atoms with E-state index in [4.69, 9.17) is 5.11 Å². The Labute approximate surface area is 126 Å². The van der Waals surface area contributed by atoms with Crippen molar-refractivity contribution in [2.75, 3.05) is 39.3 Å². The van der Waals surface area contributed by atoms with Gasteiger partial charge in [0.2, 0.25) is 0 Å². The molecule has 0 atom stereocenters. The SMILES string of the molecule is CC(C)c1ccc([I-]N2CCN(CCO)CC2)cn1. The van der Waals surface area contributed by atoms with Gasteiger partial charge >= 0.3 is 126 Å². The molecule has 0 unspecified atom stereocenters. The molecule has 2 rings (SSSR count). The number of rotatable bonds is 5. The minimum atomic E-state index is -0.0745. The van der Waals surface area contributed by atoms with Gasteiger partial charge in [-0.05, 0) is 0 Å². The van der Waals surface area contributed by atoms with Crippen LogP contribution in [0, 0.1) is 3.57 Å². The van der Waals surface area contributed by atoms with Gasteiger partial charge in [0.1, 0.15) is 0 Å². The Bertz CT molecular complexity index is 375. The monoisotopic (exact) mass is 376 g/mol. The van der Waals surface area contributed by atoms with E-state index in [1.165, 1.54) is 9.26 Å². The number of aromatic nitrogens is 1. The fourth-order valence-electron chi connectivity index (χ4n) is 2.09. The molecule has 1 aromatic rings. The van der Waals surface area contributed by atoms with E-state index in [-0.39, 0.29) is 28.1 Å². The quantitative estimate of drug-likeness (QED) is 0.476. The van der Waals surface area contributed by atoms with Crippen LogP contribution in [0.25, 0.3) is 0 Å². The summed E-state index contributed by atoms with van der Waals surface area (Å²) in [5.41, 5.74) is 1.18. The predicted molar refractivity (Wildman–Crippen MR) is 72.1 cm³/mol. The van der Waals surface area contributed by atoms with E-state index < -0.39 is 0 Å². The summed E-state index contributed by atoms with van der Waals surface area (Å²) in [7, 11) is 0. The summed E-state index contributed by atoms with van der Waals surface area (Å²) in [5.74, 6) is 0.509. The number of hydrogen-bond acceptors (Lipinski definition) is 4.